The third-order valence-corrected chi connectivity index (χ3v) is 0. The average molecular weight is 290 g/mol. The molecule has 8 N–H and O–H groups in total. The second-order valence-corrected chi connectivity index (χ2v) is 0.848. The van der Waals surface area contributed by atoms with E-state index in [0.29, 0.717) is 0 Å². The second-order valence-electron chi connectivity index (χ2n) is 0.848. The van der Waals surface area contributed by atoms with E-state index in [1.807, 2.05) is 0 Å². The van der Waals surface area contributed by atoms with Crippen molar-refractivity contribution in [2.24, 2.45) is 0 Å². The summed E-state index contributed by atoms with van der Waals surface area (Å²) in [4.78, 5) is 25.7. The molecule has 0 unspecified atom stereocenters. The molecule has 13 heteroatoms. The molecule has 0 bridgehead atoms. The standard InChI is InChI=1S/3CH2O3.2Al.Mg.H2O.8H/c3*2-1(3)4;;;;;;;;;;;;/h3*(H2,2,3,4);;;;1H2;;;;;;;;/q;;;;;+2;;;;;;;;2*-1. The third kappa shape index (κ3) is 13600. The third-order valence-electron chi connectivity index (χ3n) is 0. The van der Waals surface area contributed by atoms with Crippen molar-refractivity contribution in [1.29, 1.82) is 0 Å². The van der Waals surface area contributed by atoms with Gasteiger partial charge >= 0.3 is 41.5 Å². The fourth-order valence-corrected chi connectivity index (χ4v) is 0. The molecule has 0 aromatic carbocycles. The molecule has 0 rings (SSSR count). The number of rotatable bonds is 0. The maximum atomic E-state index is 8.56. The van der Waals surface area contributed by atoms with E-state index < -0.39 is 18.5 Å². The van der Waals surface area contributed by atoms with Gasteiger partial charge in [0.25, 0.3) is 0 Å². The van der Waals surface area contributed by atoms with Crippen LogP contribution < -0.4 is 0 Å². The van der Waals surface area contributed by atoms with Gasteiger partial charge in [-0.3, -0.25) is 0 Å². The molecule has 10 nitrogen and oxygen atoms in total. The molecule has 16 heavy (non-hydrogen) atoms. The molecule has 0 saturated carbocycles. The van der Waals surface area contributed by atoms with Gasteiger partial charge in [0.1, 0.15) is 0 Å². The largest absolute Gasteiger partial charge is 2.00 e. The van der Waals surface area contributed by atoms with Crippen molar-refractivity contribution in [2.45, 2.75) is 0 Å². The Morgan fingerprint density at radius 3 is 0.625 bits per heavy atom. The summed E-state index contributed by atoms with van der Waals surface area (Å²) in [5.74, 6) is 0. The first-order chi connectivity index (χ1) is 5.20. The van der Waals surface area contributed by atoms with Gasteiger partial charge in [-0.2, -0.15) is 0 Å². The molecule has 0 amide bonds. The Morgan fingerprint density at radius 1 is 0.625 bits per heavy atom. The first-order valence-electron chi connectivity index (χ1n) is 1.95. The Bertz CT molecular complexity index is 131. The summed E-state index contributed by atoms with van der Waals surface area (Å²) in [5.41, 5.74) is 0. The van der Waals surface area contributed by atoms with Crippen LogP contribution in [0.2, 0.25) is 0 Å². The van der Waals surface area contributed by atoms with Crippen molar-refractivity contribution in [3.8, 4) is 0 Å². The molecule has 0 heterocycles. The van der Waals surface area contributed by atoms with Gasteiger partial charge in [0.15, 0.2) is 34.7 Å². The Morgan fingerprint density at radius 2 is 0.625 bits per heavy atom. The molecule has 0 aromatic rings. The van der Waals surface area contributed by atoms with Crippen LogP contribution >= 0.6 is 0 Å². The van der Waals surface area contributed by atoms with Crippen LogP contribution in [0.3, 0.4) is 0 Å². The van der Waals surface area contributed by atoms with E-state index >= 15 is 0 Å². The molecule has 0 fully saturated rings. The maximum absolute atomic E-state index is 8.56. The molecule has 0 saturated heterocycles. The minimum atomic E-state index is -1.83. The summed E-state index contributed by atoms with van der Waals surface area (Å²) < 4.78 is 0. The van der Waals surface area contributed by atoms with Crippen LogP contribution in [0.5, 0.6) is 0 Å². The van der Waals surface area contributed by atoms with Crippen LogP contribution in [0.1, 0.15) is 2.85 Å². The maximum Gasteiger partial charge on any atom is 2.00 e. The van der Waals surface area contributed by atoms with Crippen molar-refractivity contribution >= 4 is 76.2 Å². The Kier molecular flexibility index (Phi) is 103. The van der Waals surface area contributed by atoms with Gasteiger partial charge in [0.2, 0.25) is 0 Å². The van der Waals surface area contributed by atoms with Gasteiger partial charge in [0, 0.05) is 0 Å². The monoisotopic (exact) mass is 290 g/mol. The average Bonchev–Trinajstić information content (AvgIpc) is 1.54. The van der Waals surface area contributed by atoms with Crippen molar-refractivity contribution < 1.29 is 53.4 Å². The van der Waals surface area contributed by atoms with Crippen LogP contribution in [-0.4, -0.2) is 112 Å². The minimum absolute atomic E-state index is 0. The van der Waals surface area contributed by atoms with Crippen LogP contribution in [0.4, 0.5) is 14.4 Å². The number of carbonyl (C=O) groups is 3. The molecule has 0 aromatic heterocycles. The zero-order valence-corrected chi connectivity index (χ0v) is 8.03. The summed E-state index contributed by atoms with van der Waals surface area (Å²) in [6.45, 7) is 0. The quantitative estimate of drug-likeness (QED) is 0.257. The van der Waals surface area contributed by atoms with E-state index in [1.54, 1.807) is 0 Å². The molecule has 0 atom stereocenters. The first-order valence-corrected chi connectivity index (χ1v) is 1.95. The molecular formula is C3H16Al2MgO10. The molecule has 0 radical (unpaired) electrons. The van der Waals surface area contributed by atoms with Gasteiger partial charge in [-0.15, -0.1) is 0 Å². The van der Waals surface area contributed by atoms with Crippen LogP contribution in [0, 0.1) is 0 Å². The molecule has 0 aliphatic heterocycles. The van der Waals surface area contributed by atoms with E-state index in [4.69, 9.17) is 45.0 Å². The van der Waals surface area contributed by atoms with E-state index in [9.17, 15) is 0 Å². The van der Waals surface area contributed by atoms with Gasteiger partial charge in [0.05, 0.1) is 0 Å². The van der Waals surface area contributed by atoms with Crippen molar-refractivity contribution in [3.05, 3.63) is 0 Å². The summed E-state index contributed by atoms with van der Waals surface area (Å²) >= 11 is 0. The first kappa shape index (κ1) is 45.0. The van der Waals surface area contributed by atoms with Gasteiger partial charge in [-0.1, -0.05) is 0 Å². The minimum Gasteiger partial charge on any atom is -1.00 e. The number of hydrogen-bond acceptors (Lipinski definition) is 3. The zero-order chi connectivity index (χ0) is 10.7. The summed E-state index contributed by atoms with van der Waals surface area (Å²) in [5, 5.41) is 41.8. The summed E-state index contributed by atoms with van der Waals surface area (Å²) in [7, 11) is 0. The molecule has 0 aliphatic carbocycles. The Hall–Kier alpha value is -0.399. The normalized spacial score (nSPS) is 4.50. The van der Waals surface area contributed by atoms with Gasteiger partial charge in [-0.25, -0.2) is 14.4 Å². The van der Waals surface area contributed by atoms with E-state index in [2.05, 4.69) is 0 Å². The zero-order valence-electron chi connectivity index (χ0n) is 8.62. The second kappa shape index (κ2) is 36.5. The molecule has 0 spiro atoms. The SMILES string of the molecule is O.O=C(O)O.O=C(O)O.O=C(O)O.[AlH3].[AlH3].[H-].[H-].[Mg+2]. The van der Waals surface area contributed by atoms with Gasteiger partial charge < -0.3 is 39.0 Å². The summed E-state index contributed by atoms with van der Waals surface area (Å²) in [6.07, 6.45) is -5.50. The van der Waals surface area contributed by atoms with Crippen LogP contribution in [-0.2, 0) is 0 Å². The fraction of sp³-hybridized carbons (Fsp3) is 0. The predicted octanol–water partition coefficient (Wildman–Crippen LogP) is -2.68. The predicted molar refractivity (Wildman–Crippen MR) is 63.4 cm³/mol. The van der Waals surface area contributed by atoms with Crippen molar-refractivity contribution in [3.63, 3.8) is 0 Å². The van der Waals surface area contributed by atoms with Crippen LogP contribution in [0.15, 0.2) is 0 Å². The van der Waals surface area contributed by atoms with Crippen molar-refractivity contribution in [2.75, 3.05) is 0 Å². The topological polar surface area (TPSA) is 204 Å². The van der Waals surface area contributed by atoms with E-state index in [-0.39, 0.29) is 66.1 Å². The van der Waals surface area contributed by atoms with Gasteiger partial charge in [-0.05, 0) is 0 Å². The Balaban J connectivity index is -0.00000000827. The Labute approximate surface area is 129 Å². The molecular weight excluding hydrogens is 274 g/mol. The summed E-state index contributed by atoms with van der Waals surface area (Å²) in [6, 6.07) is 0. The number of carboxylic acid groups (broad SMARTS) is 6. The van der Waals surface area contributed by atoms with E-state index in [0.717, 1.165) is 0 Å². The van der Waals surface area contributed by atoms with Crippen LogP contribution in [0.25, 0.3) is 0 Å². The van der Waals surface area contributed by atoms with E-state index in [1.165, 1.54) is 0 Å². The fourth-order valence-electron chi connectivity index (χ4n) is 0. The smallest absolute Gasteiger partial charge is 1.00 e. The van der Waals surface area contributed by atoms with Crippen molar-refractivity contribution in [1.82, 2.24) is 0 Å². The molecule has 96 valence electrons. The molecule has 0 aliphatic rings. The number of hydrogen-bond donors (Lipinski definition) is 6.